The van der Waals surface area contributed by atoms with Crippen LogP contribution in [0.5, 0.6) is 0 Å². The molecule has 0 spiro atoms. The van der Waals surface area contributed by atoms with Crippen LogP contribution >= 0.6 is 0 Å². The van der Waals surface area contributed by atoms with E-state index < -0.39 is 0 Å². The highest BCUT2D eigenvalue weighted by Crippen LogP contribution is 2.43. The van der Waals surface area contributed by atoms with Gasteiger partial charge in [0.25, 0.3) is 0 Å². The quantitative estimate of drug-likeness (QED) is 0.740. The van der Waals surface area contributed by atoms with Gasteiger partial charge in [0.2, 0.25) is 0 Å². The van der Waals surface area contributed by atoms with Crippen LogP contribution in [0.3, 0.4) is 0 Å². The zero-order chi connectivity index (χ0) is 13.9. The third-order valence-corrected chi connectivity index (χ3v) is 4.50. The number of nitrogens with two attached hydrogens (primary N) is 1. The molecule has 0 saturated heterocycles. The van der Waals surface area contributed by atoms with Crippen LogP contribution in [-0.4, -0.2) is 19.6 Å². The van der Waals surface area contributed by atoms with Crippen LogP contribution in [-0.2, 0) is 6.42 Å². The van der Waals surface area contributed by atoms with E-state index in [0.29, 0.717) is 11.3 Å². The highest BCUT2D eigenvalue weighted by atomic mass is 14.9. The van der Waals surface area contributed by atoms with E-state index in [4.69, 9.17) is 5.73 Å². The van der Waals surface area contributed by atoms with Gasteiger partial charge in [0.05, 0.1) is 0 Å². The van der Waals surface area contributed by atoms with Crippen molar-refractivity contribution < 1.29 is 0 Å². The topological polar surface area (TPSA) is 38.0 Å². The van der Waals surface area contributed by atoms with E-state index in [1.807, 2.05) is 0 Å². The molecule has 0 radical (unpaired) electrons. The van der Waals surface area contributed by atoms with Crippen molar-refractivity contribution in [1.29, 1.82) is 0 Å². The molecule has 0 unspecified atom stereocenters. The standard InChI is InChI=1S/C17H28N2/c1-13(2)15-5-4-14(3)16(10-15)6-9-19-12-17(11-18)7-8-17/h4-5,10,13,19H,6-9,11-12,18H2,1-3H3. The summed E-state index contributed by atoms with van der Waals surface area (Å²) in [6.07, 6.45) is 3.73. The number of nitrogens with one attached hydrogen (secondary N) is 1. The van der Waals surface area contributed by atoms with Crippen LogP contribution in [0.25, 0.3) is 0 Å². The summed E-state index contributed by atoms with van der Waals surface area (Å²) in [5.74, 6) is 0.610. The van der Waals surface area contributed by atoms with Gasteiger partial charge in [0.15, 0.2) is 0 Å². The Labute approximate surface area is 117 Å². The van der Waals surface area contributed by atoms with E-state index in [-0.39, 0.29) is 0 Å². The molecule has 0 aromatic heterocycles. The van der Waals surface area contributed by atoms with Gasteiger partial charge in [0.1, 0.15) is 0 Å². The summed E-state index contributed by atoms with van der Waals surface area (Å²) in [5.41, 5.74) is 10.6. The van der Waals surface area contributed by atoms with Crippen molar-refractivity contribution in [3.8, 4) is 0 Å². The van der Waals surface area contributed by atoms with Crippen molar-refractivity contribution in [2.24, 2.45) is 11.1 Å². The second-order valence-corrected chi connectivity index (χ2v) is 6.47. The lowest BCUT2D eigenvalue weighted by molar-refractivity contribution is 0.470. The van der Waals surface area contributed by atoms with Crippen LogP contribution < -0.4 is 11.1 Å². The number of hydrogen-bond donors (Lipinski definition) is 2. The number of aryl methyl sites for hydroxylation is 1. The van der Waals surface area contributed by atoms with Crippen LogP contribution in [0.2, 0.25) is 0 Å². The summed E-state index contributed by atoms with van der Waals surface area (Å²) in [6, 6.07) is 6.88. The molecule has 1 fully saturated rings. The second-order valence-electron chi connectivity index (χ2n) is 6.47. The first-order valence-corrected chi connectivity index (χ1v) is 7.56. The van der Waals surface area contributed by atoms with Crippen molar-refractivity contribution in [2.75, 3.05) is 19.6 Å². The summed E-state index contributed by atoms with van der Waals surface area (Å²) < 4.78 is 0. The molecule has 0 heterocycles. The van der Waals surface area contributed by atoms with E-state index >= 15 is 0 Å². The van der Waals surface area contributed by atoms with E-state index in [2.05, 4.69) is 44.3 Å². The Kier molecular flexibility index (Phi) is 4.64. The molecule has 0 atom stereocenters. The van der Waals surface area contributed by atoms with Crippen molar-refractivity contribution in [3.63, 3.8) is 0 Å². The fourth-order valence-electron chi connectivity index (χ4n) is 2.53. The van der Waals surface area contributed by atoms with Gasteiger partial charge in [-0.3, -0.25) is 0 Å². The van der Waals surface area contributed by atoms with Crippen molar-refractivity contribution in [2.45, 2.75) is 46.0 Å². The Morgan fingerprint density at radius 3 is 2.63 bits per heavy atom. The van der Waals surface area contributed by atoms with Gasteiger partial charge >= 0.3 is 0 Å². The summed E-state index contributed by atoms with van der Waals surface area (Å²) in [4.78, 5) is 0. The molecular formula is C17H28N2. The average Bonchev–Trinajstić information content (AvgIpc) is 3.17. The average molecular weight is 260 g/mol. The van der Waals surface area contributed by atoms with E-state index in [1.165, 1.54) is 29.5 Å². The van der Waals surface area contributed by atoms with Crippen molar-refractivity contribution >= 4 is 0 Å². The first-order chi connectivity index (χ1) is 9.06. The summed E-state index contributed by atoms with van der Waals surface area (Å²) >= 11 is 0. The number of hydrogen-bond acceptors (Lipinski definition) is 2. The maximum Gasteiger partial charge on any atom is 0.00200 e. The Bertz CT molecular complexity index is 419. The maximum absolute atomic E-state index is 5.80. The van der Waals surface area contributed by atoms with Crippen LogP contribution in [0.15, 0.2) is 18.2 Å². The molecule has 0 bridgehead atoms. The largest absolute Gasteiger partial charge is 0.330 e. The lowest BCUT2D eigenvalue weighted by Crippen LogP contribution is -2.31. The number of rotatable bonds is 7. The Morgan fingerprint density at radius 1 is 1.32 bits per heavy atom. The normalized spacial score (nSPS) is 16.9. The first kappa shape index (κ1) is 14.5. The highest BCUT2D eigenvalue weighted by molar-refractivity contribution is 5.32. The fraction of sp³-hybridized carbons (Fsp3) is 0.647. The van der Waals surface area contributed by atoms with Crippen LogP contribution in [0, 0.1) is 12.3 Å². The molecule has 2 heteroatoms. The smallest absolute Gasteiger partial charge is 0.00200 e. The van der Waals surface area contributed by atoms with Gasteiger partial charge in [-0.25, -0.2) is 0 Å². The molecule has 2 rings (SSSR count). The van der Waals surface area contributed by atoms with Gasteiger partial charge in [-0.2, -0.15) is 0 Å². The molecule has 1 aromatic carbocycles. The predicted molar refractivity (Wildman–Crippen MR) is 82.6 cm³/mol. The Balaban J connectivity index is 1.83. The minimum Gasteiger partial charge on any atom is -0.330 e. The Morgan fingerprint density at radius 2 is 2.05 bits per heavy atom. The SMILES string of the molecule is Cc1ccc(C(C)C)cc1CCNCC1(CN)CC1. The molecule has 3 N–H and O–H groups in total. The van der Waals surface area contributed by atoms with Crippen molar-refractivity contribution in [1.82, 2.24) is 5.32 Å². The third-order valence-electron chi connectivity index (χ3n) is 4.50. The molecule has 0 amide bonds. The lowest BCUT2D eigenvalue weighted by atomic mass is 9.96. The zero-order valence-corrected chi connectivity index (χ0v) is 12.6. The summed E-state index contributed by atoms with van der Waals surface area (Å²) in [5, 5.41) is 3.58. The van der Waals surface area contributed by atoms with Gasteiger partial charge < -0.3 is 11.1 Å². The third kappa shape index (κ3) is 3.80. The van der Waals surface area contributed by atoms with Crippen molar-refractivity contribution in [3.05, 3.63) is 34.9 Å². The summed E-state index contributed by atoms with van der Waals surface area (Å²) in [7, 11) is 0. The van der Waals surface area contributed by atoms with Gasteiger partial charge in [-0.05, 0) is 67.3 Å². The molecule has 1 aromatic rings. The van der Waals surface area contributed by atoms with E-state index in [1.54, 1.807) is 0 Å². The fourth-order valence-corrected chi connectivity index (χ4v) is 2.53. The first-order valence-electron chi connectivity index (χ1n) is 7.56. The molecule has 2 nitrogen and oxygen atoms in total. The summed E-state index contributed by atoms with van der Waals surface area (Å²) in [6.45, 7) is 9.70. The molecule has 106 valence electrons. The van der Waals surface area contributed by atoms with Gasteiger partial charge in [-0.15, -0.1) is 0 Å². The zero-order valence-electron chi connectivity index (χ0n) is 12.6. The van der Waals surface area contributed by atoms with E-state index in [9.17, 15) is 0 Å². The predicted octanol–water partition coefficient (Wildman–Crippen LogP) is 2.99. The molecule has 19 heavy (non-hydrogen) atoms. The van der Waals surface area contributed by atoms with Crippen LogP contribution in [0.4, 0.5) is 0 Å². The Hall–Kier alpha value is -0.860. The molecule has 1 aliphatic carbocycles. The minimum absolute atomic E-state index is 0.439. The van der Waals surface area contributed by atoms with Crippen LogP contribution in [0.1, 0.15) is 49.3 Å². The monoisotopic (exact) mass is 260 g/mol. The number of benzene rings is 1. The second kappa shape index (κ2) is 6.06. The van der Waals surface area contributed by atoms with Gasteiger partial charge in [0, 0.05) is 6.54 Å². The van der Waals surface area contributed by atoms with E-state index in [0.717, 1.165) is 26.1 Å². The molecule has 1 saturated carbocycles. The maximum atomic E-state index is 5.80. The molecular weight excluding hydrogens is 232 g/mol. The molecule has 0 aliphatic heterocycles. The lowest BCUT2D eigenvalue weighted by Gasteiger charge is -2.15. The minimum atomic E-state index is 0.439. The highest BCUT2D eigenvalue weighted by Gasteiger charge is 2.40. The van der Waals surface area contributed by atoms with Gasteiger partial charge in [-0.1, -0.05) is 32.0 Å². The molecule has 1 aliphatic rings.